The smallest absolute Gasteiger partial charge is 0.310 e. The minimum absolute atomic E-state index is 0.00633. The first-order valence-corrected chi connectivity index (χ1v) is 16.7. The first-order valence-electron chi connectivity index (χ1n) is 11.5. The van der Waals surface area contributed by atoms with E-state index >= 15 is 0 Å². The number of hydrogen-bond donors (Lipinski definition) is 0. The Kier molecular flexibility index (Phi) is 13.1. The number of esters is 2. The average molecular weight is 597 g/mol. The van der Waals surface area contributed by atoms with Crippen molar-refractivity contribution < 1.29 is 23.5 Å². The summed E-state index contributed by atoms with van der Waals surface area (Å²) < 4.78 is 19.4. The molecule has 0 spiro atoms. The highest BCUT2D eigenvalue weighted by Crippen LogP contribution is 2.46. The Morgan fingerprint density at radius 2 is 1.84 bits per heavy atom. The monoisotopic (exact) mass is 596 g/mol. The Balaban J connectivity index is 2.94. The van der Waals surface area contributed by atoms with Crippen LogP contribution in [0.15, 0.2) is 20.8 Å². The van der Waals surface area contributed by atoms with E-state index in [2.05, 4.69) is 62.5 Å². The maximum Gasteiger partial charge on any atom is 0.310 e. The van der Waals surface area contributed by atoms with Gasteiger partial charge in [0.15, 0.2) is 8.32 Å². The van der Waals surface area contributed by atoms with Crippen LogP contribution in [0.5, 0.6) is 0 Å². The number of rotatable bonds is 13. The molecule has 184 valence electrons. The van der Waals surface area contributed by atoms with E-state index in [0.717, 1.165) is 42.1 Å². The maximum absolute atomic E-state index is 12.3. The van der Waals surface area contributed by atoms with Gasteiger partial charge >= 0.3 is 11.9 Å². The lowest BCUT2D eigenvalue weighted by Gasteiger charge is -2.39. The number of halogens is 1. The summed E-state index contributed by atoms with van der Waals surface area (Å²) in [6.45, 7) is 13.3. The van der Waals surface area contributed by atoms with Gasteiger partial charge in [0.1, 0.15) is 5.76 Å². The molecule has 0 fully saturated rings. The Hall–Kier alpha value is -0.323. The van der Waals surface area contributed by atoms with Crippen molar-refractivity contribution in [3.8, 4) is 0 Å². The molecule has 0 amide bonds. The van der Waals surface area contributed by atoms with E-state index in [1.807, 2.05) is 11.0 Å². The standard InChI is InChI=1S/C24H41IO5SSi/c1-8-12-22(27)29-20-17-19(30-32(6,7)24(2,3)4)18(14-15-25)23(20)31-16-11-9-10-13-21(26)28-5/h14-15,18-19H,8-13,16-17H2,1-7H3/t18-,19+/m0/s1. The van der Waals surface area contributed by atoms with Crippen molar-refractivity contribution in [2.24, 2.45) is 5.92 Å². The zero-order chi connectivity index (χ0) is 24.4. The molecular weight excluding hydrogens is 555 g/mol. The number of unbranched alkanes of at least 4 members (excludes halogenated alkanes) is 2. The molecule has 8 heteroatoms. The lowest BCUT2D eigenvalue weighted by atomic mass is 10.1. The molecular formula is C24H41IO5SSi. The summed E-state index contributed by atoms with van der Waals surface area (Å²) in [5.41, 5.74) is 0. The molecule has 0 saturated carbocycles. The van der Waals surface area contributed by atoms with Crippen LogP contribution in [0.2, 0.25) is 18.1 Å². The van der Waals surface area contributed by atoms with Crippen molar-refractivity contribution in [3.63, 3.8) is 0 Å². The van der Waals surface area contributed by atoms with Crippen LogP contribution < -0.4 is 0 Å². The molecule has 1 aliphatic rings. The van der Waals surface area contributed by atoms with Gasteiger partial charge in [0, 0.05) is 30.1 Å². The minimum Gasteiger partial charge on any atom is -0.469 e. The second kappa shape index (κ2) is 14.2. The topological polar surface area (TPSA) is 61.8 Å². The minimum atomic E-state index is -1.97. The highest BCUT2D eigenvalue weighted by molar-refractivity contribution is 14.1. The zero-order valence-corrected chi connectivity index (χ0v) is 24.8. The maximum atomic E-state index is 12.3. The molecule has 0 aliphatic heterocycles. The Bertz CT molecular complexity index is 684. The molecule has 0 aromatic carbocycles. The van der Waals surface area contributed by atoms with Crippen LogP contribution in [-0.2, 0) is 23.5 Å². The van der Waals surface area contributed by atoms with Crippen molar-refractivity contribution in [2.75, 3.05) is 12.9 Å². The number of hydrogen-bond acceptors (Lipinski definition) is 6. The van der Waals surface area contributed by atoms with Gasteiger partial charge in [-0.3, -0.25) is 9.59 Å². The first-order chi connectivity index (χ1) is 15.0. The summed E-state index contributed by atoms with van der Waals surface area (Å²) in [7, 11) is -0.549. The number of thioether (sulfide) groups is 1. The predicted molar refractivity (Wildman–Crippen MR) is 144 cm³/mol. The molecule has 0 bridgehead atoms. The number of carbonyl (C=O) groups is 2. The van der Waals surface area contributed by atoms with Crippen LogP contribution >= 0.6 is 34.4 Å². The van der Waals surface area contributed by atoms with Crippen LogP contribution in [0.1, 0.15) is 72.6 Å². The summed E-state index contributed by atoms with van der Waals surface area (Å²) in [4.78, 5) is 24.7. The average Bonchev–Trinajstić information content (AvgIpc) is 2.99. The van der Waals surface area contributed by atoms with E-state index in [-0.39, 0.29) is 29.0 Å². The van der Waals surface area contributed by atoms with Gasteiger partial charge in [0.25, 0.3) is 0 Å². The molecule has 0 radical (unpaired) electrons. The van der Waals surface area contributed by atoms with Gasteiger partial charge < -0.3 is 13.9 Å². The highest BCUT2D eigenvalue weighted by Gasteiger charge is 2.44. The summed E-state index contributed by atoms with van der Waals surface area (Å²) in [6.07, 6.45) is 7.27. The van der Waals surface area contributed by atoms with Crippen molar-refractivity contribution in [1.82, 2.24) is 0 Å². The van der Waals surface area contributed by atoms with Crippen molar-refractivity contribution in [2.45, 2.75) is 96.9 Å². The fourth-order valence-corrected chi connectivity index (χ4v) is 6.28. The van der Waals surface area contributed by atoms with Gasteiger partial charge in [-0.25, -0.2) is 0 Å². The third-order valence-corrected chi connectivity index (χ3v) is 12.3. The Labute approximate surface area is 213 Å². The van der Waals surface area contributed by atoms with Gasteiger partial charge in [-0.15, -0.1) is 11.8 Å². The van der Waals surface area contributed by atoms with Crippen molar-refractivity contribution in [3.05, 3.63) is 20.8 Å². The number of carbonyl (C=O) groups excluding carboxylic acids is 2. The molecule has 0 unspecified atom stereocenters. The van der Waals surface area contributed by atoms with E-state index in [0.29, 0.717) is 19.3 Å². The zero-order valence-electron chi connectivity index (χ0n) is 20.8. The third kappa shape index (κ3) is 9.50. The highest BCUT2D eigenvalue weighted by atomic mass is 127. The molecule has 0 N–H and O–H groups in total. The largest absolute Gasteiger partial charge is 0.469 e. The van der Waals surface area contributed by atoms with Crippen LogP contribution in [0, 0.1) is 5.92 Å². The van der Waals surface area contributed by atoms with Gasteiger partial charge in [-0.05, 0) is 47.2 Å². The van der Waals surface area contributed by atoms with Crippen LogP contribution in [0.3, 0.4) is 0 Å². The van der Waals surface area contributed by atoms with Gasteiger partial charge in [-0.1, -0.05) is 62.8 Å². The third-order valence-electron chi connectivity index (χ3n) is 6.10. The Morgan fingerprint density at radius 1 is 1.16 bits per heavy atom. The summed E-state index contributed by atoms with van der Waals surface area (Å²) in [6, 6.07) is 0. The number of methoxy groups -OCH3 is 1. The van der Waals surface area contributed by atoms with E-state index in [4.69, 9.17) is 13.9 Å². The molecule has 2 atom stereocenters. The van der Waals surface area contributed by atoms with E-state index in [1.165, 1.54) is 7.11 Å². The SMILES string of the molecule is CCCC(=O)OC1=C(SCCCCCC(=O)OC)[C@@H](C=CI)[C@H](O[Si](C)(C)C(C)(C)C)C1. The quantitative estimate of drug-likeness (QED) is 0.0958. The number of ether oxygens (including phenoxy) is 2. The molecule has 0 aromatic heterocycles. The second-order valence-corrected chi connectivity index (χ2v) is 16.3. The van der Waals surface area contributed by atoms with Crippen LogP contribution in [0.25, 0.3) is 0 Å². The normalized spacial score (nSPS) is 19.6. The fraction of sp³-hybridized carbons (Fsp3) is 0.750. The summed E-state index contributed by atoms with van der Waals surface area (Å²) >= 11 is 4.02. The molecule has 0 saturated heterocycles. The van der Waals surface area contributed by atoms with E-state index < -0.39 is 8.32 Å². The molecule has 1 rings (SSSR count). The second-order valence-electron chi connectivity index (χ2n) is 9.71. The fourth-order valence-electron chi connectivity index (χ4n) is 3.22. The molecule has 1 aliphatic carbocycles. The predicted octanol–water partition coefficient (Wildman–Crippen LogP) is 7.37. The van der Waals surface area contributed by atoms with Gasteiger partial charge in [-0.2, -0.15) is 0 Å². The van der Waals surface area contributed by atoms with Gasteiger partial charge in [0.2, 0.25) is 0 Å². The molecule has 0 heterocycles. The van der Waals surface area contributed by atoms with E-state index in [1.54, 1.807) is 11.8 Å². The lowest BCUT2D eigenvalue weighted by Crippen LogP contribution is -2.45. The first kappa shape index (κ1) is 29.7. The Morgan fingerprint density at radius 3 is 2.41 bits per heavy atom. The summed E-state index contributed by atoms with van der Waals surface area (Å²) in [5.74, 6) is 1.49. The molecule has 5 nitrogen and oxygen atoms in total. The lowest BCUT2D eigenvalue weighted by molar-refractivity contribution is -0.141. The molecule has 32 heavy (non-hydrogen) atoms. The van der Waals surface area contributed by atoms with Crippen molar-refractivity contribution in [1.29, 1.82) is 0 Å². The van der Waals surface area contributed by atoms with Gasteiger partial charge in [0.05, 0.1) is 13.2 Å². The van der Waals surface area contributed by atoms with Crippen LogP contribution in [-0.4, -0.2) is 39.2 Å². The van der Waals surface area contributed by atoms with Crippen molar-refractivity contribution >= 4 is 54.6 Å². The van der Waals surface area contributed by atoms with Crippen LogP contribution in [0.4, 0.5) is 0 Å². The summed E-state index contributed by atoms with van der Waals surface area (Å²) in [5, 5.41) is 0.111. The van der Waals surface area contributed by atoms with E-state index in [9.17, 15) is 9.59 Å². The molecule has 0 aromatic rings.